The summed E-state index contributed by atoms with van der Waals surface area (Å²) in [6.45, 7) is -1.25. The summed E-state index contributed by atoms with van der Waals surface area (Å²) in [6.07, 6.45) is -13.0. The summed E-state index contributed by atoms with van der Waals surface area (Å²) in [7, 11) is 0. The molecule has 2 fully saturated rings. The highest BCUT2D eigenvalue weighted by Crippen LogP contribution is 2.27. The number of hydrogen-bond donors (Lipinski definition) is 8. The number of nitrogens with two attached hydrogens (primary N) is 1. The summed E-state index contributed by atoms with van der Waals surface area (Å²) >= 11 is 0. The van der Waals surface area contributed by atoms with Crippen LogP contribution in [-0.4, -0.2) is 110 Å². The quantitative estimate of drug-likeness (QED) is 0.243. The molecule has 10 unspecified atom stereocenters. The van der Waals surface area contributed by atoms with Gasteiger partial charge in [0.25, 0.3) is 0 Å². The molecule has 2 aliphatic rings. The molecule has 2 saturated heterocycles. The summed E-state index contributed by atoms with van der Waals surface area (Å²) in [6, 6.07) is -1.22. The van der Waals surface area contributed by atoms with E-state index in [1.807, 2.05) is 0 Å². The molecule has 2 heterocycles. The molecule has 0 aromatic carbocycles. The van der Waals surface area contributed by atoms with E-state index in [-0.39, 0.29) is 0 Å². The van der Waals surface area contributed by atoms with Gasteiger partial charge in [-0.1, -0.05) is 0 Å². The molecule has 0 saturated carbocycles. The van der Waals surface area contributed by atoms with Crippen LogP contribution in [0.1, 0.15) is 0 Å². The average molecular weight is 341 g/mol. The average Bonchev–Trinajstić information content (AvgIpc) is 2.55. The van der Waals surface area contributed by atoms with E-state index in [2.05, 4.69) is 0 Å². The predicted molar refractivity (Wildman–Crippen MR) is 70.6 cm³/mol. The van der Waals surface area contributed by atoms with Gasteiger partial charge in [0.1, 0.15) is 42.7 Å². The standard InChI is InChI=1S/C12H23NO10/c13-5-8(18)6(16)3(1-14)21-11(5)23-12-10(20)9(19)7(17)4(2-15)22-12/h3-12,14-20H,1-2,13H2. The van der Waals surface area contributed by atoms with Crippen molar-refractivity contribution >= 4 is 0 Å². The van der Waals surface area contributed by atoms with E-state index in [1.54, 1.807) is 0 Å². The molecule has 2 aliphatic heterocycles. The second-order valence-electron chi connectivity index (χ2n) is 5.62. The normalized spacial score (nSPS) is 51.7. The Kier molecular flexibility index (Phi) is 6.27. The van der Waals surface area contributed by atoms with Crippen LogP contribution in [0.4, 0.5) is 0 Å². The Labute approximate surface area is 131 Å². The largest absolute Gasteiger partial charge is 0.394 e. The molecule has 0 aromatic rings. The number of aliphatic hydroxyl groups is 7. The first-order chi connectivity index (χ1) is 10.8. The maximum absolute atomic E-state index is 9.88. The van der Waals surface area contributed by atoms with E-state index >= 15 is 0 Å². The van der Waals surface area contributed by atoms with Gasteiger partial charge in [-0.05, 0) is 0 Å². The Morgan fingerprint density at radius 2 is 1.17 bits per heavy atom. The molecule has 11 nitrogen and oxygen atoms in total. The number of hydrogen-bond acceptors (Lipinski definition) is 11. The van der Waals surface area contributed by atoms with E-state index in [0.717, 1.165) is 0 Å². The SMILES string of the molecule is NC1C(OC2OC(CO)C(O)C(O)C2O)OC(CO)C(O)C1O. The maximum Gasteiger partial charge on any atom is 0.189 e. The number of aliphatic hydroxyl groups excluding tert-OH is 7. The molecule has 0 bridgehead atoms. The molecule has 2 rings (SSSR count). The Morgan fingerprint density at radius 1 is 0.696 bits per heavy atom. The Morgan fingerprint density at radius 3 is 1.70 bits per heavy atom. The second-order valence-corrected chi connectivity index (χ2v) is 5.62. The second kappa shape index (κ2) is 7.63. The van der Waals surface area contributed by atoms with Gasteiger partial charge in [-0.3, -0.25) is 0 Å². The van der Waals surface area contributed by atoms with Gasteiger partial charge in [0, 0.05) is 0 Å². The van der Waals surface area contributed by atoms with Crippen molar-refractivity contribution < 1.29 is 50.0 Å². The minimum Gasteiger partial charge on any atom is -0.394 e. The molecule has 0 radical (unpaired) electrons. The van der Waals surface area contributed by atoms with Crippen molar-refractivity contribution in [1.82, 2.24) is 0 Å². The van der Waals surface area contributed by atoms with Crippen molar-refractivity contribution in [1.29, 1.82) is 0 Å². The molecule has 0 aromatic heterocycles. The van der Waals surface area contributed by atoms with Crippen molar-refractivity contribution in [2.45, 2.75) is 61.3 Å². The van der Waals surface area contributed by atoms with Gasteiger partial charge in [0.15, 0.2) is 12.6 Å². The van der Waals surface area contributed by atoms with Crippen molar-refractivity contribution in [2.75, 3.05) is 13.2 Å². The molecular weight excluding hydrogens is 318 g/mol. The lowest BCUT2D eigenvalue weighted by atomic mass is 9.97. The lowest BCUT2D eigenvalue weighted by Gasteiger charge is -2.45. The van der Waals surface area contributed by atoms with Gasteiger partial charge in [-0.2, -0.15) is 0 Å². The maximum atomic E-state index is 9.88. The van der Waals surface area contributed by atoms with E-state index in [4.69, 9.17) is 30.2 Å². The number of rotatable bonds is 4. The smallest absolute Gasteiger partial charge is 0.189 e. The summed E-state index contributed by atoms with van der Waals surface area (Å²) in [5.74, 6) is 0. The Hall–Kier alpha value is -0.440. The van der Waals surface area contributed by atoms with Gasteiger partial charge >= 0.3 is 0 Å². The van der Waals surface area contributed by atoms with Crippen molar-refractivity contribution in [3.8, 4) is 0 Å². The zero-order valence-electron chi connectivity index (χ0n) is 12.1. The zero-order valence-corrected chi connectivity index (χ0v) is 12.1. The van der Waals surface area contributed by atoms with E-state index < -0.39 is 74.6 Å². The van der Waals surface area contributed by atoms with Gasteiger partial charge < -0.3 is 55.7 Å². The highest BCUT2D eigenvalue weighted by Gasteiger charge is 2.48. The highest BCUT2D eigenvalue weighted by molar-refractivity contribution is 4.93. The van der Waals surface area contributed by atoms with Gasteiger partial charge in [-0.25, -0.2) is 0 Å². The van der Waals surface area contributed by atoms with Crippen molar-refractivity contribution in [3.05, 3.63) is 0 Å². The fourth-order valence-electron chi connectivity index (χ4n) is 2.54. The van der Waals surface area contributed by atoms with Gasteiger partial charge in [0.2, 0.25) is 0 Å². The predicted octanol–water partition coefficient (Wildman–Crippen LogP) is -5.43. The number of ether oxygens (including phenoxy) is 3. The molecule has 0 amide bonds. The third-order valence-electron chi connectivity index (χ3n) is 4.05. The summed E-state index contributed by atoms with van der Waals surface area (Å²) < 4.78 is 15.6. The molecule has 0 spiro atoms. The van der Waals surface area contributed by atoms with E-state index in [9.17, 15) is 25.5 Å². The third kappa shape index (κ3) is 3.65. The minimum absolute atomic E-state index is 0.612. The molecule has 10 atom stereocenters. The monoisotopic (exact) mass is 341 g/mol. The van der Waals surface area contributed by atoms with Gasteiger partial charge in [-0.15, -0.1) is 0 Å². The van der Waals surface area contributed by atoms with Crippen LogP contribution in [0.2, 0.25) is 0 Å². The van der Waals surface area contributed by atoms with Crippen LogP contribution in [0.5, 0.6) is 0 Å². The summed E-state index contributed by atoms with van der Waals surface area (Å²) in [5, 5.41) is 67.0. The molecule has 136 valence electrons. The van der Waals surface area contributed by atoms with Crippen molar-refractivity contribution in [3.63, 3.8) is 0 Å². The van der Waals surface area contributed by atoms with Crippen LogP contribution in [-0.2, 0) is 14.2 Å². The van der Waals surface area contributed by atoms with Crippen LogP contribution in [0.15, 0.2) is 0 Å². The van der Waals surface area contributed by atoms with Gasteiger partial charge in [0.05, 0.1) is 19.3 Å². The third-order valence-corrected chi connectivity index (χ3v) is 4.05. The molecule has 23 heavy (non-hydrogen) atoms. The summed E-state index contributed by atoms with van der Waals surface area (Å²) in [5.41, 5.74) is 5.68. The molecule has 9 N–H and O–H groups in total. The molecule has 0 aliphatic carbocycles. The minimum atomic E-state index is -1.67. The zero-order chi connectivity index (χ0) is 17.3. The Bertz CT molecular complexity index is 349. The van der Waals surface area contributed by atoms with Crippen LogP contribution in [0.3, 0.4) is 0 Å². The Balaban J connectivity index is 2.07. The van der Waals surface area contributed by atoms with Crippen LogP contribution in [0.25, 0.3) is 0 Å². The molecule has 11 heteroatoms. The molecular formula is C12H23NO10. The van der Waals surface area contributed by atoms with Crippen LogP contribution >= 0.6 is 0 Å². The lowest BCUT2D eigenvalue weighted by molar-refractivity contribution is -0.361. The van der Waals surface area contributed by atoms with Crippen LogP contribution < -0.4 is 5.73 Å². The first kappa shape index (κ1) is 18.9. The first-order valence-corrected chi connectivity index (χ1v) is 7.15. The topological polar surface area (TPSA) is 195 Å². The van der Waals surface area contributed by atoms with E-state index in [1.165, 1.54) is 0 Å². The lowest BCUT2D eigenvalue weighted by Crippen LogP contribution is -2.65. The fourth-order valence-corrected chi connectivity index (χ4v) is 2.54. The van der Waals surface area contributed by atoms with Crippen LogP contribution in [0, 0.1) is 0 Å². The summed E-state index contributed by atoms with van der Waals surface area (Å²) in [4.78, 5) is 0. The highest BCUT2D eigenvalue weighted by atomic mass is 16.8. The fraction of sp³-hybridized carbons (Fsp3) is 1.00. The van der Waals surface area contributed by atoms with E-state index in [0.29, 0.717) is 0 Å². The van der Waals surface area contributed by atoms with Crippen molar-refractivity contribution in [2.24, 2.45) is 5.73 Å². The first-order valence-electron chi connectivity index (χ1n) is 7.15.